The van der Waals surface area contributed by atoms with E-state index in [0.717, 1.165) is 25.8 Å². The van der Waals surface area contributed by atoms with Crippen LogP contribution in [-0.4, -0.2) is 61.6 Å². The molecule has 1 heterocycles. The Labute approximate surface area is 181 Å². The van der Waals surface area contributed by atoms with Crippen LogP contribution < -0.4 is 16.0 Å². The topological polar surface area (TPSA) is 87.9 Å². The van der Waals surface area contributed by atoms with E-state index in [9.17, 15) is 18.4 Å². The van der Waals surface area contributed by atoms with E-state index in [-0.39, 0.29) is 36.2 Å². The number of nitrogens with one attached hydrogen (secondary N) is 1. The third-order valence-electron chi connectivity index (χ3n) is 5.87. The Morgan fingerprint density at radius 2 is 2.10 bits per heavy atom. The summed E-state index contributed by atoms with van der Waals surface area (Å²) >= 11 is 0. The highest BCUT2D eigenvalue weighted by Crippen LogP contribution is 2.33. The summed E-state index contributed by atoms with van der Waals surface area (Å²) in [5, 5.41) is 2.67. The van der Waals surface area contributed by atoms with Gasteiger partial charge in [0.1, 0.15) is 12.6 Å². The molecule has 1 saturated carbocycles. The molecule has 1 aliphatic carbocycles. The van der Waals surface area contributed by atoms with Gasteiger partial charge in [-0.05, 0) is 37.0 Å². The monoisotopic (exact) mass is 438 g/mol. The van der Waals surface area contributed by atoms with Gasteiger partial charge in [0, 0.05) is 42.6 Å². The van der Waals surface area contributed by atoms with Crippen LogP contribution in [0.1, 0.15) is 45.1 Å². The van der Waals surface area contributed by atoms with Crippen molar-refractivity contribution in [3.63, 3.8) is 0 Å². The zero-order valence-electron chi connectivity index (χ0n) is 18.2. The standard InChI is InChI=1S/C22H32F2N4O3/c1-14(2)12-28(15-4-3-5-15)19(11-25)22(30)26-18-7-6-16(10-17(18)21(23)24)27-8-9-31-13-20(27)29/h6-7,10,14-15,19,21H,3-5,8-9,11-13,25H2,1-2H3,(H,26,30)/t19-/m0/s1. The van der Waals surface area contributed by atoms with E-state index in [4.69, 9.17) is 10.5 Å². The lowest BCUT2D eigenvalue weighted by molar-refractivity contribution is -0.125. The van der Waals surface area contributed by atoms with Crippen LogP contribution >= 0.6 is 0 Å². The van der Waals surface area contributed by atoms with Crippen molar-refractivity contribution in [2.45, 2.75) is 51.6 Å². The third-order valence-corrected chi connectivity index (χ3v) is 5.87. The van der Waals surface area contributed by atoms with Gasteiger partial charge in [-0.25, -0.2) is 8.78 Å². The Morgan fingerprint density at radius 3 is 2.65 bits per heavy atom. The van der Waals surface area contributed by atoms with E-state index >= 15 is 0 Å². The highest BCUT2D eigenvalue weighted by Gasteiger charge is 2.34. The van der Waals surface area contributed by atoms with Gasteiger partial charge in [0.25, 0.3) is 12.3 Å². The molecular weight excluding hydrogens is 406 g/mol. The minimum absolute atomic E-state index is 0.0426. The minimum atomic E-state index is -2.80. The summed E-state index contributed by atoms with van der Waals surface area (Å²) in [6, 6.07) is 3.98. The van der Waals surface area contributed by atoms with Crippen molar-refractivity contribution < 1.29 is 23.1 Å². The predicted molar refractivity (Wildman–Crippen MR) is 115 cm³/mol. The number of benzene rings is 1. The van der Waals surface area contributed by atoms with Gasteiger partial charge in [0.05, 0.1) is 6.61 Å². The van der Waals surface area contributed by atoms with Crippen LogP contribution in [-0.2, 0) is 14.3 Å². The zero-order chi connectivity index (χ0) is 22.5. The van der Waals surface area contributed by atoms with Gasteiger partial charge in [0.15, 0.2) is 0 Å². The van der Waals surface area contributed by atoms with Crippen LogP contribution in [0.15, 0.2) is 18.2 Å². The molecule has 7 nitrogen and oxygen atoms in total. The number of amides is 2. The summed E-state index contributed by atoms with van der Waals surface area (Å²) in [6.07, 6.45) is 0.346. The fourth-order valence-corrected chi connectivity index (χ4v) is 4.08. The molecule has 3 N–H and O–H groups in total. The van der Waals surface area contributed by atoms with Gasteiger partial charge in [-0.15, -0.1) is 0 Å². The molecule has 31 heavy (non-hydrogen) atoms. The van der Waals surface area contributed by atoms with Gasteiger partial charge in [-0.1, -0.05) is 20.3 Å². The number of hydrogen-bond donors (Lipinski definition) is 2. The first-order valence-corrected chi connectivity index (χ1v) is 10.9. The van der Waals surface area contributed by atoms with Gasteiger partial charge >= 0.3 is 0 Å². The van der Waals surface area contributed by atoms with Crippen LogP contribution in [0.25, 0.3) is 0 Å². The van der Waals surface area contributed by atoms with Gasteiger partial charge in [-0.2, -0.15) is 0 Å². The van der Waals surface area contributed by atoms with E-state index in [1.807, 2.05) is 0 Å². The average Bonchev–Trinajstić information content (AvgIpc) is 2.67. The van der Waals surface area contributed by atoms with Crippen LogP contribution in [0.5, 0.6) is 0 Å². The zero-order valence-corrected chi connectivity index (χ0v) is 18.2. The Balaban J connectivity index is 1.80. The minimum Gasteiger partial charge on any atom is -0.370 e. The summed E-state index contributed by atoms with van der Waals surface area (Å²) < 4.78 is 32.7. The molecule has 9 heteroatoms. The lowest BCUT2D eigenvalue weighted by Crippen LogP contribution is -2.55. The highest BCUT2D eigenvalue weighted by atomic mass is 19.3. The number of carbonyl (C=O) groups excluding carboxylic acids is 2. The molecule has 172 valence electrons. The van der Waals surface area contributed by atoms with Crippen LogP contribution in [0.4, 0.5) is 20.2 Å². The summed E-state index contributed by atoms with van der Waals surface area (Å²) in [5.41, 5.74) is 6.04. The lowest BCUT2D eigenvalue weighted by Gasteiger charge is -2.42. The molecule has 2 amide bonds. The number of nitrogens with zero attached hydrogens (tertiary/aromatic N) is 2. The second-order valence-electron chi connectivity index (χ2n) is 8.59. The number of halogens is 2. The molecule has 1 saturated heterocycles. The van der Waals surface area contributed by atoms with Crippen molar-refractivity contribution >= 4 is 23.2 Å². The third kappa shape index (κ3) is 5.58. The number of anilines is 2. The first kappa shape index (κ1) is 23.6. The van der Waals surface area contributed by atoms with E-state index < -0.39 is 12.5 Å². The molecule has 0 spiro atoms. The molecule has 1 atom stereocenters. The first-order valence-electron chi connectivity index (χ1n) is 10.9. The Kier molecular flexibility index (Phi) is 7.96. The maximum atomic E-state index is 13.8. The van der Waals surface area contributed by atoms with Gasteiger partial charge in [0.2, 0.25) is 5.91 Å². The lowest BCUT2D eigenvalue weighted by atomic mass is 9.89. The maximum Gasteiger partial charge on any atom is 0.265 e. The fourth-order valence-electron chi connectivity index (χ4n) is 4.08. The predicted octanol–water partition coefficient (Wildman–Crippen LogP) is 2.76. The molecule has 0 aromatic heterocycles. The molecule has 2 aliphatic rings. The molecule has 1 aromatic carbocycles. The summed E-state index contributed by atoms with van der Waals surface area (Å²) in [6.45, 7) is 5.56. The van der Waals surface area contributed by atoms with E-state index in [1.54, 1.807) is 6.07 Å². The van der Waals surface area contributed by atoms with Gasteiger partial charge < -0.3 is 20.7 Å². The quantitative estimate of drug-likeness (QED) is 0.619. The molecule has 0 unspecified atom stereocenters. The first-order chi connectivity index (χ1) is 14.8. The summed E-state index contributed by atoms with van der Waals surface area (Å²) in [5.74, 6) is -0.312. The summed E-state index contributed by atoms with van der Waals surface area (Å²) in [7, 11) is 0. The second kappa shape index (κ2) is 10.5. The number of ether oxygens (including phenoxy) is 1. The number of carbonyl (C=O) groups is 2. The maximum absolute atomic E-state index is 13.8. The summed E-state index contributed by atoms with van der Waals surface area (Å²) in [4.78, 5) is 28.7. The van der Waals surface area contributed by atoms with Gasteiger partial charge in [-0.3, -0.25) is 14.5 Å². The Bertz CT molecular complexity index is 786. The smallest absolute Gasteiger partial charge is 0.265 e. The number of nitrogens with two attached hydrogens (primary N) is 1. The highest BCUT2D eigenvalue weighted by molar-refractivity contribution is 5.97. The van der Waals surface area contributed by atoms with Crippen molar-refractivity contribution in [3.05, 3.63) is 23.8 Å². The number of hydrogen-bond acceptors (Lipinski definition) is 5. The Morgan fingerprint density at radius 1 is 1.35 bits per heavy atom. The molecule has 1 aliphatic heterocycles. The van der Waals surface area contributed by atoms with E-state index in [0.29, 0.717) is 30.8 Å². The normalized spacial score (nSPS) is 18.6. The van der Waals surface area contributed by atoms with Crippen molar-refractivity contribution in [1.29, 1.82) is 0 Å². The van der Waals surface area contributed by atoms with Crippen LogP contribution in [0.2, 0.25) is 0 Å². The average molecular weight is 439 g/mol. The molecule has 0 bridgehead atoms. The largest absolute Gasteiger partial charge is 0.370 e. The molecule has 3 rings (SSSR count). The van der Waals surface area contributed by atoms with Crippen molar-refractivity contribution in [1.82, 2.24) is 4.90 Å². The molecular formula is C22H32F2N4O3. The fraction of sp³-hybridized carbons (Fsp3) is 0.636. The van der Waals surface area contributed by atoms with Crippen molar-refractivity contribution in [2.75, 3.05) is 43.1 Å². The number of morpholine rings is 1. The molecule has 1 aromatic rings. The molecule has 0 radical (unpaired) electrons. The number of alkyl halides is 2. The van der Waals surface area contributed by atoms with E-state index in [2.05, 4.69) is 24.1 Å². The van der Waals surface area contributed by atoms with Crippen molar-refractivity contribution in [3.8, 4) is 0 Å². The van der Waals surface area contributed by atoms with Crippen LogP contribution in [0, 0.1) is 5.92 Å². The van der Waals surface area contributed by atoms with Crippen molar-refractivity contribution in [2.24, 2.45) is 11.7 Å². The number of rotatable bonds is 9. The van der Waals surface area contributed by atoms with E-state index in [1.165, 1.54) is 17.0 Å². The molecule has 2 fully saturated rings. The van der Waals surface area contributed by atoms with Crippen LogP contribution in [0.3, 0.4) is 0 Å². The Hall–Kier alpha value is -2.10. The second-order valence-corrected chi connectivity index (χ2v) is 8.59. The SMILES string of the molecule is CC(C)CN(C1CCC1)[C@@H](CN)C(=O)Nc1ccc(N2CCOCC2=O)cc1C(F)F.